The highest BCUT2D eigenvalue weighted by molar-refractivity contribution is 9.10. The van der Waals surface area contributed by atoms with E-state index < -0.39 is 10.0 Å². The average Bonchev–Trinajstić information content (AvgIpc) is 2.95. The predicted octanol–water partition coefficient (Wildman–Crippen LogP) is 2.93. The quantitative estimate of drug-likeness (QED) is 0.844. The van der Waals surface area contributed by atoms with Crippen LogP contribution in [-0.4, -0.2) is 24.4 Å². The molecule has 1 N–H and O–H groups in total. The molecule has 1 fully saturated rings. The fourth-order valence-electron chi connectivity index (χ4n) is 3.05. The first-order valence-electron chi connectivity index (χ1n) is 7.59. The zero-order chi connectivity index (χ0) is 16.3. The maximum Gasteiger partial charge on any atom is 0.259 e. The van der Waals surface area contributed by atoms with E-state index in [-0.39, 0.29) is 17.0 Å². The summed E-state index contributed by atoms with van der Waals surface area (Å²) in [4.78, 5) is 8.34. The molecule has 2 aromatic rings. The predicted molar refractivity (Wildman–Crippen MR) is 91.3 cm³/mol. The third-order valence-electron chi connectivity index (χ3n) is 4.14. The highest BCUT2D eigenvalue weighted by atomic mass is 79.9. The number of pyridine rings is 2. The first-order valence-corrected chi connectivity index (χ1v) is 9.86. The van der Waals surface area contributed by atoms with Gasteiger partial charge in [-0.3, -0.25) is 4.98 Å². The highest BCUT2D eigenvalue weighted by Crippen LogP contribution is 2.30. The van der Waals surface area contributed by atoms with Gasteiger partial charge in [0, 0.05) is 24.1 Å². The maximum atomic E-state index is 12.6. The number of sulfonamides is 1. The lowest BCUT2D eigenvalue weighted by Crippen LogP contribution is -2.38. The second kappa shape index (κ2) is 7.07. The molecule has 2 aromatic heterocycles. The number of aromatic nitrogens is 2. The second-order valence-electron chi connectivity index (χ2n) is 5.73. The maximum absolute atomic E-state index is 12.6. The molecule has 2 heterocycles. The van der Waals surface area contributed by atoms with Crippen molar-refractivity contribution in [2.45, 2.75) is 36.8 Å². The first kappa shape index (κ1) is 16.5. The van der Waals surface area contributed by atoms with E-state index in [1.807, 2.05) is 18.2 Å². The molecule has 1 saturated carbocycles. The van der Waals surface area contributed by atoms with Crippen LogP contribution in [0.25, 0.3) is 0 Å². The Kier molecular flexibility index (Phi) is 5.08. The standard InChI is InChI=1S/C16H18BrN3O2S/c17-14-7-4-10-19-16(14)23(21,22)20-15-8-3-5-12(15)11-13-6-1-2-9-18-13/h1-2,4,6-7,9-10,12,15,20H,3,5,8,11H2. The molecule has 0 amide bonds. The van der Waals surface area contributed by atoms with Gasteiger partial charge in [-0.25, -0.2) is 18.1 Å². The molecule has 7 heteroatoms. The Hall–Kier alpha value is -1.31. The SMILES string of the molecule is O=S(=O)(NC1CCCC1Cc1ccccn1)c1ncccc1Br. The Balaban J connectivity index is 1.75. The van der Waals surface area contributed by atoms with E-state index in [0.717, 1.165) is 31.4 Å². The Morgan fingerprint density at radius 3 is 2.70 bits per heavy atom. The average molecular weight is 396 g/mol. The van der Waals surface area contributed by atoms with Crippen LogP contribution in [0.3, 0.4) is 0 Å². The fraction of sp³-hybridized carbons (Fsp3) is 0.375. The molecule has 2 atom stereocenters. The Bertz CT molecular complexity index is 768. The van der Waals surface area contributed by atoms with Crippen LogP contribution in [0.15, 0.2) is 52.2 Å². The summed E-state index contributed by atoms with van der Waals surface area (Å²) >= 11 is 3.26. The van der Waals surface area contributed by atoms with Gasteiger partial charge < -0.3 is 0 Å². The number of hydrogen-bond acceptors (Lipinski definition) is 4. The van der Waals surface area contributed by atoms with Gasteiger partial charge in [-0.05, 0) is 65.4 Å². The molecule has 1 aliphatic rings. The fourth-order valence-corrected chi connectivity index (χ4v) is 5.29. The number of hydrogen-bond donors (Lipinski definition) is 1. The van der Waals surface area contributed by atoms with Crippen molar-refractivity contribution in [1.82, 2.24) is 14.7 Å². The number of nitrogens with one attached hydrogen (secondary N) is 1. The van der Waals surface area contributed by atoms with Gasteiger partial charge in [0.15, 0.2) is 5.03 Å². The molecule has 3 rings (SSSR count). The minimum atomic E-state index is -3.63. The van der Waals surface area contributed by atoms with Crippen molar-refractivity contribution in [1.29, 1.82) is 0 Å². The van der Waals surface area contributed by atoms with Gasteiger partial charge in [-0.15, -0.1) is 0 Å². The van der Waals surface area contributed by atoms with E-state index >= 15 is 0 Å². The van der Waals surface area contributed by atoms with Crippen LogP contribution in [0, 0.1) is 5.92 Å². The van der Waals surface area contributed by atoms with Gasteiger partial charge >= 0.3 is 0 Å². The van der Waals surface area contributed by atoms with E-state index in [9.17, 15) is 8.42 Å². The van der Waals surface area contributed by atoms with Crippen LogP contribution in [0.5, 0.6) is 0 Å². The molecule has 0 bridgehead atoms. The van der Waals surface area contributed by atoms with E-state index in [2.05, 4.69) is 30.6 Å². The van der Waals surface area contributed by atoms with Crippen LogP contribution in [-0.2, 0) is 16.4 Å². The molecule has 0 aromatic carbocycles. The van der Waals surface area contributed by atoms with Crippen molar-refractivity contribution in [3.05, 3.63) is 52.9 Å². The Morgan fingerprint density at radius 1 is 1.13 bits per heavy atom. The summed E-state index contributed by atoms with van der Waals surface area (Å²) in [5.74, 6) is 0.266. The van der Waals surface area contributed by atoms with Crippen molar-refractivity contribution < 1.29 is 8.42 Å². The number of halogens is 1. The molecule has 5 nitrogen and oxygen atoms in total. The molecular weight excluding hydrogens is 378 g/mol. The lowest BCUT2D eigenvalue weighted by molar-refractivity contribution is 0.437. The van der Waals surface area contributed by atoms with E-state index in [1.165, 1.54) is 6.20 Å². The third kappa shape index (κ3) is 3.97. The largest absolute Gasteiger partial charge is 0.261 e. The van der Waals surface area contributed by atoms with Gasteiger partial charge in [-0.2, -0.15) is 0 Å². The third-order valence-corrected chi connectivity index (χ3v) is 6.49. The molecule has 0 radical (unpaired) electrons. The van der Waals surface area contributed by atoms with Crippen molar-refractivity contribution in [2.75, 3.05) is 0 Å². The smallest absolute Gasteiger partial charge is 0.259 e. The van der Waals surface area contributed by atoms with Crippen LogP contribution in [0.2, 0.25) is 0 Å². The lowest BCUT2D eigenvalue weighted by atomic mass is 9.98. The second-order valence-corrected chi connectivity index (χ2v) is 8.22. The Morgan fingerprint density at radius 2 is 1.96 bits per heavy atom. The zero-order valence-electron chi connectivity index (χ0n) is 12.5. The normalized spacial score (nSPS) is 21.4. The molecule has 1 aliphatic carbocycles. The van der Waals surface area contributed by atoms with Crippen molar-refractivity contribution in [2.24, 2.45) is 5.92 Å². The summed E-state index contributed by atoms with van der Waals surface area (Å²) in [7, 11) is -3.63. The van der Waals surface area contributed by atoms with Crippen LogP contribution in [0.1, 0.15) is 25.0 Å². The Labute approximate surface area is 144 Å². The molecular formula is C16H18BrN3O2S. The minimum Gasteiger partial charge on any atom is -0.261 e. The zero-order valence-corrected chi connectivity index (χ0v) is 14.9. The van der Waals surface area contributed by atoms with Crippen molar-refractivity contribution >= 4 is 26.0 Å². The monoisotopic (exact) mass is 395 g/mol. The summed E-state index contributed by atoms with van der Waals surface area (Å²) in [6.07, 6.45) is 6.92. The van der Waals surface area contributed by atoms with E-state index in [4.69, 9.17) is 0 Å². The summed E-state index contributed by atoms with van der Waals surface area (Å²) in [6, 6.07) is 9.14. The number of rotatable bonds is 5. The van der Waals surface area contributed by atoms with Gasteiger partial charge in [-0.1, -0.05) is 12.5 Å². The summed E-state index contributed by atoms with van der Waals surface area (Å²) in [6.45, 7) is 0. The number of nitrogens with zero attached hydrogens (tertiary/aromatic N) is 2. The van der Waals surface area contributed by atoms with E-state index in [1.54, 1.807) is 18.3 Å². The van der Waals surface area contributed by atoms with Crippen molar-refractivity contribution in [3.63, 3.8) is 0 Å². The van der Waals surface area contributed by atoms with Crippen LogP contribution < -0.4 is 4.72 Å². The molecule has 0 aliphatic heterocycles. The topological polar surface area (TPSA) is 72.0 Å². The molecule has 23 heavy (non-hydrogen) atoms. The minimum absolute atomic E-state index is 0.0449. The lowest BCUT2D eigenvalue weighted by Gasteiger charge is -2.20. The highest BCUT2D eigenvalue weighted by Gasteiger charge is 2.32. The molecule has 0 saturated heterocycles. The molecule has 2 unspecified atom stereocenters. The van der Waals surface area contributed by atoms with Crippen LogP contribution >= 0.6 is 15.9 Å². The van der Waals surface area contributed by atoms with E-state index in [0.29, 0.717) is 4.47 Å². The van der Waals surface area contributed by atoms with Gasteiger partial charge in [0.25, 0.3) is 10.0 Å². The molecule has 0 spiro atoms. The van der Waals surface area contributed by atoms with Crippen molar-refractivity contribution in [3.8, 4) is 0 Å². The summed E-state index contributed by atoms with van der Waals surface area (Å²) < 4.78 is 28.5. The van der Waals surface area contributed by atoms with Gasteiger partial charge in [0.2, 0.25) is 0 Å². The van der Waals surface area contributed by atoms with Gasteiger partial charge in [0.1, 0.15) is 0 Å². The summed E-state index contributed by atoms with van der Waals surface area (Å²) in [5, 5.41) is 0.0449. The first-order chi connectivity index (χ1) is 11.1. The van der Waals surface area contributed by atoms with Crippen LogP contribution in [0.4, 0.5) is 0 Å². The van der Waals surface area contributed by atoms with Gasteiger partial charge in [0.05, 0.1) is 4.47 Å². The molecule has 122 valence electrons. The summed E-state index contributed by atoms with van der Waals surface area (Å²) in [5.41, 5.74) is 1.00.